The molecule has 0 aromatic rings. The zero-order valence-corrected chi connectivity index (χ0v) is 3.90. The largest absolute Gasteiger partial charge is 0.239 e. The van der Waals surface area contributed by atoms with Gasteiger partial charge in [-0.3, -0.25) is 0 Å². The third-order valence-corrected chi connectivity index (χ3v) is 0.302. The predicted octanol–water partition coefficient (Wildman–Crippen LogP) is -0.0777. The van der Waals surface area contributed by atoms with E-state index in [1.54, 1.807) is 0 Å². The van der Waals surface area contributed by atoms with E-state index >= 15 is 0 Å². The molecule has 0 amide bonds. The van der Waals surface area contributed by atoms with Crippen molar-refractivity contribution >= 4 is 0 Å². The Morgan fingerprint density at radius 2 is 1.86 bits per heavy atom. The van der Waals surface area contributed by atoms with Crippen LogP contribution >= 0.6 is 0 Å². The highest BCUT2D eigenvalue weighted by molar-refractivity contribution is 3.89. The smallest absolute Gasteiger partial charge is 0.111 e. The lowest BCUT2D eigenvalue weighted by atomic mass is 10.9. The lowest BCUT2D eigenvalue weighted by molar-refractivity contribution is -1.48. The van der Waals surface area contributed by atoms with Crippen molar-refractivity contribution in [1.82, 2.24) is 0 Å². The average molecular weight is 110 g/mol. The molecule has 0 saturated heterocycles. The van der Waals surface area contributed by atoms with Crippen LogP contribution in [-0.4, -0.2) is 27.4 Å². The van der Waals surface area contributed by atoms with Gasteiger partial charge in [-0.15, -0.1) is 15.6 Å². The van der Waals surface area contributed by atoms with Gasteiger partial charge in [-0.25, -0.2) is 0 Å². The molecule has 5 heteroatoms. The van der Waals surface area contributed by atoms with Crippen molar-refractivity contribution in [3.05, 3.63) is 0 Å². The zero-order valence-electron chi connectivity index (χ0n) is 3.90. The summed E-state index contributed by atoms with van der Waals surface area (Å²) in [5.41, 5.74) is 0. The number of quaternary nitrogens is 1. The van der Waals surface area contributed by atoms with Gasteiger partial charge in [-0.05, 0) is 6.92 Å². The fraction of sp³-hybridized carbons (Fsp3) is 1.00. The van der Waals surface area contributed by atoms with Gasteiger partial charge >= 0.3 is 0 Å². The van der Waals surface area contributed by atoms with E-state index in [2.05, 4.69) is 4.84 Å². The molecule has 0 saturated carbocycles. The Morgan fingerprint density at radius 1 is 1.43 bits per heavy atom. The summed E-state index contributed by atoms with van der Waals surface area (Å²) in [6, 6.07) is 0. The molecule has 0 radical (unpaired) electrons. The highest BCUT2D eigenvalue weighted by Gasteiger charge is 2.17. The van der Waals surface area contributed by atoms with Gasteiger partial charge in [0.05, 0.1) is 0 Å². The molecule has 0 spiro atoms. The van der Waals surface area contributed by atoms with E-state index in [4.69, 9.17) is 15.6 Å². The van der Waals surface area contributed by atoms with Crippen LogP contribution in [-0.2, 0) is 4.84 Å². The van der Waals surface area contributed by atoms with Crippen LogP contribution in [0.15, 0.2) is 0 Å². The van der Waals surface area contributed by atoms with E-state index in [9.17, 15) is 0 Å². The van der Waals surface area contributed by atoms with Gasteiger partial charge in [0.15, 0.2) is 0 Å². The van der Waals surface area contributed by atoms with Crippen molar-refractivity contribution in [2.75, 3.05) is 6.61 Å². The van der Waals surface area contributed by atoms with Crippen molar-refractivity contribution in [1.29, 1.82) is 0 Å². The molecule has 0 unspecified atom stereocenters. The van der Waals surface area contributed by atoms with Crippen LogP contribution in [0.5, 0.6) is 0 Å². The minimum absolute atomic E-state index is 0.0312. The van der Waals surface area contributed by atoms with Crippen LogP contribution in [0.2, 0.25) is 0 Å². The van der Waals surface area contributed by atoms with E-state index in [0.717, 1.165) is 0 Å². The van der Waals surface area contributed by atoms with Gasteiger partial charge in [-0.2, -0.15) is 0 Å². The van der Waals surface area contributed by atoms with Gasteiger partial charge in [0, 0.05) is 0 Å². The quantitative estimate of drug-likeness (QED) is 0.343. The summed E-state index contributed by atoms with van der Waals surface area (Å²) in [6.07, 6.45) is 0. The summed E-state index contributed by atoms with van der Waals surface area (Å²) in [5, 5.41) is 21.1. The third kappa shape index (κ3) is 5.80. The van der Waals surface area contributed by atoms with Gasteiger partial charge in [0.25, 0.3) is 0 Å². The van der Waals surface area contributed by atoms with Crippen LogP contribution in [0.1, 0.15) is 6.92 Å². The Kier molecular flexibility index (Phi) is 2.13. The van der Waals surface area contributed by atoms with E-state index in [0.29, 0.717) is 0 Å². The Morgan fingerprint density at radius 3 is 1.86 bits per heavy atom. The summed E-state index contributed by atoms with van der Waals surface area (Å²) in [5.74, 6) is 0. The molecule has 44 valence electrons. The lowest BCUT2D eigenvalue weighted by Crippen LogP contribution is -2.36. The topological polar surface area (TPSA) is 69.9 Å². The van der Waals surface area contributed by atoms with Gasteiger partial charge < -0.3 is 0 Å². The maximum atomic E-state index is 7.84. The van der Waals surface area contributed by atoms with Crippen molar-refractivity contribution in [2.45, 2.75) is 6.92 Å². The molecule has 5 nitrogen and oxygen atoms in total. The molecule has 0 fully saturated rings. The molecule has 0 aliphatic heterocycles. The molecule has 0 aromatic carbocycles. The summed E-state index contributed by atoms with van der Waals surface area (Å²) < 4.78 is 0. The van der Waals surface area contributed by atoms with Crippen LogP contribution in [0.4, 0.5) is 0 Å². The highest BCUT2D eigenvalue weighted by atomic mass is 17.3. The second kappa shape index (κ2) is 2.20. The summed E-state index contributed by atoms with van der Waals surface area (Å²) in [4.78, 5) is 3.83. The Bertz CT molecular complexity index is 48.1. The van der Waals surface area contributed by atoms with Crippen molar-refractivity contribution < 1.29 is 25.6 Å². The summed E-state index contributed by atoms with van der Waals surface area (Å²) in [7, 11) is 0. The molecular weight excluding hydrogens is 102 g/mol. The number of rotatable bonds is 2. The fourth-order valence-electron chi connectivity index (χ4n) is 0.173. The first kappa shape index (κ1) is 6.80. The molecule has 0 bridgehead atoms. The third-order valence-electron chi connectivity index (χ3n) is 0.302. The van der Waals surface area contributed by atoms with E-state index in [-0.39, 0.29) is 6.61 Å². The first-order chi connectivity index (χ1) is 3.06. The van der Waals surface area contributed by atoms with Crippen molar-refractivity contribution in [3.63, 3.8) is 0 Å². The average Bonchev–Trinajstić information content (AvgIpc) is 1.30. The van der Waals surface area contributed by atoms with Crippen molar-refractivity contribution in [2.24, 2.45) is 0 Å². The van der Waals surface area contributed by atoms with E-state index in [1.807, 2.05) is 0 Å². The Labute approximate surface area is 40.4 Å². The Balaban J connectivity index is 3.15. The second-order valence-electron chi connectivity index (χ2n) is 0.931. The van der Waals surface area contributed by atoms with Crippen LogP contribution in [0.25, 0.3) is 0 Å². The molecule has 0 aliphatic carbocycles. The SMILES string of the molecule is CCO[N+](O)(O)O. The molecule has 0 aliphatic rings. The van der Waals surface area contributed by atoms with Crippen LogP contribution in [0, 0.1) is 0 Å². The second-order valence-corrected chi connectivity index (χ2v) is 0.931. The maximum absolute atomic E-state index is 7.84. The standard InChI is InChI=1S/C2H8NO4/c1-2-7-3(4,5)6/h4-6H,2H2,1H3/q+1. The lowest BCUT2D eigenvalue weighted by Gasteiger charge is -2.05. The first-order valence-electron chi connectivity index (χ1n) is 1.78. The summed E-state index contributed by atoms with van der Waals surface area (Å²) in [6.45, 7) is 1.54. The number of nitrogens with zero attached hydrogens (tertiary/aromatic N) is 1. The molecule has 0 heterocycles. The maximum Gasteiger partial charge on any atom is 0.239 e. The van der Waals surface area contributed by atoms with Gasteiger partial charge in [0.1, 0.15) is 6.61 Å². The summed E-state index contributed by atoms with van der Waals surface area (Å²) >= 11 is 0. The molecule has 0 atom stereocenters. The predicted molar refractivity (Wildman–Crippen MR) is 17.2 cm³/mol. The van der Waals surface area contributed by atoms with Crippen molar-refractivity contribution in [3.8, 4) is 0 Å². The minimum Gasteiger partial charge on any atom is -0.111 e. The van der Waals surface area contributed by atoms with Crippen LogP contribution in [0.3, 0.4) is 0 Å². The van der Waals surface area contributed by atoms with E-state index in [1.165, 1.54) is 6.92 Å². The normalized spacial score (nSPS) is 12.0. The Hall–Kier alpha value is -0.200. The first-order valence-corrected chi connectivity index (χ1v) is 1.78. The van der Waals surface area contributed by atoms with Gasteiger partial charge in [0.2, 0.25) is 5.14 Å². The monoisotopic (exact) mass is 110 g/mol. The molecule has 0 rings (SSSR count). The van der Waals surface area contributed by atoms with Gasteiger partial charge in [-0.1, -0.05) is 4.84 Å². The molecular formula is C2H8NO4+. The fourth-order valence-corrected chi connectivity index (χ4v) is 0.173. The van der Waals surface area contributed by atoms with E-state index < -0.39 is 5.14 Å². The molecule has 3 N–H and O–H groups in total. The number of hydrogen-bond acceptors (Lipinski definition) is 4. The highest BCUT2D eigenvalue weighted by Crippen LogP contribution is 1.86. The molecule has 7 heavy (non-hydrogen) atoms. The van der Waals surface area contributed by atoms with Crippen LogP contribution < -0.4 is 0 Å². The minimum atomic E-state index is -2.41. The molecule has 0 aromatic heterocycles. The number of hydrogen-bond donors (Lipinski definition) is 3. The zero-order chi connectivity index (χ0) is 5.91.